The molecule has 39 heavy (non-hydrogen) atoms. The fourth-order valence-electron chi connectivity index (χ4n) is 4.59. The van der Waals surface area contributed by atoms with Gasteiger partial charge in [0.25, 0.3) is 11.5 Å². The van der Waals surface area contributed by atoms with E-state index in [4.69, 9.17) is 4.74 Å². The van der Waals surface area contributed by atoms with E-state index in [1.807, 2.05) is 0 Å². The van der Waals surface area contributed by atoms with E-state index in [1.165, 1.54) is 27.8 Å². The molecule has 11 nitrogen and oxygen atoms in total. The molecule has 0 unspecified atom stereocenters. The fraction of sp³-hybridized carbons (Fsp3) is 0.250. The number of hydrogen-bond donors (Lipinski definition) is 2. The van der Waals surface area contributed by atoms with Crippen molar-refractivity contribution in [2.45, 2.75) is 19.5 Å². The number of anilines is 2. The van der Waals surface area contributed by atoms with Crippen LogP contribution in [0.2, 0.25) is 0 Å². The highest BCUT2D eigenvalue weighted by Crippen LogP contribution is 2.32. The number of carboxylic acids is 1. The minimum absolute atomic E-state index is 0.0331. The number of amides is 2. The Kier molecular flexibility index (Phi) is 6.49. The maximum Gasteiger partial charge on any atom is 0.419 e. The number of rotatable bonds is 5. The van der Waals surface area contributed by atoms with Gasteiger partial charge in [-0.3, -0.25) is 19.2 Å². The number of aromatic nitrogens is 2. The summed E-state index contributed by atoms with van der Waals surface area (Å²) in [4.78, 5) is 49.7. The predicted molar refractivity (Wildman–Crippen MR) is 128 cm³/mol. The number of cyclic esters (lactones) is 1. The van der Waals surface area contributed by atoms with E-state index in [1.54, 1.807) is 10.00 Å². The number of carbonyl (C=O) groups is 3. The third kappa shape index (κ3) is 4.66. The molecule has 0 radical (unpaired) electrons. The van der Waals surface area contributed by atoms with Gasteiger partial charge in [0.15, 0.2) is 11.6 Å². The second-order valence-corrected chi connectivity index (χ2v) is 8.71. The Balaban J connectivity index is 1.36. The molecule has 5 rings (SSSR count). The van der Waals surface area contributed by atoms with Crippen molar-refractivity contribution in [3.05, 3.63) is 69.8 Å². The number of alkyl halides is 2. The Labute approximate surface area is 216 Å². The summed E-state index contributed by atoms with van der Waals surface area (Å²) < 4.78 is 63.0. The zero-order valence-corrected chi connectivity index (χ0v) is 19.9. The highest BCUT2D eigenvalue weighted by atomic mass is 19.3. The summed E-state index contributed by atoms with van der Waals surface area (Å²) in [5.41, 5.74) is -0.534. The molecule has 3 heterocycles. The molecule has 0 spiro atoms. The van der Waals surface area contributed by atoms with E-state index in [0.29, 0.717) is 5.52 Å². The summed E-state index contributed by atoms with van der Waals surface area (Å²) in [6.07, 6.45) is -3.53. The third-order valence-corrected chi connectivity index (χ3v) is 6.40. The van der Waals surface area contributed by atoms with Gasteiger partial charge in [-0.15, -0.1) is 0 Å². The highest BCUT2D eigenvalue weighted by Gasteiger charge is 2.31. The zero-order valence-electron chi connectivity index (χ0n) is 19.9. The topological polar surface area (TPSA) is 126 Å². The number of carbonyl (C=O) groups excluding carboxylic acids is 2. The standard InChI is InChI=1S/C24H19F4N5O6/c25-16-8-13(31-11-14(39-24(31)38)10-29-21(34)20(27)28)9-17(26)19(16)30-3-5-32-18-2-1-12(23(36)37)7-15(18)22(35)33(32)6-4-30/h1-2,7-10,20H,3-6,11H2,(H,29,34)(H,36,37)/b14-10-. The molecule has 15 heteroatoms. The first-order valence-corrected chi connectivity index (χ1v) is 11.5. The molecular weight excluding hydrogens is 530 g/mol. The van der Waals surface area contributed by atoms with Crippen LogP contribution in [-0.2, 0) is 22.6 Å². The van der Waals surface area contributed by atoms with Crippen LogP contribution in [0.3, 0.4) is 0 Å². The lowest BCUT2D eigenvalue weighted by molar-refractivity contribution is -0.130. The maximum absolute atomic E-state index is 15.2. The molecule has 1 fully saturated rings. The summed E-state index contributed by atoms with van der Waals surface area (Å²) in [6, 6.07) is 6.01. The lowest BCUT2D eigenvalue weighted by Crippen LogP contribution is -2.30. The van der Waals surface area contributed by atoms with Crippen LogP contribution in [0, 0.1) is 11.6 Å². The quantitative estimate of drug-likeness (QED) is 0.469. The van der Waals surface area contributed by atoms with Crippen LogP contribution in [-0.4, -0.2) is 58.5 Å². The van der Waals surface area contributed by atoms with Crippen molar-refractivity contribution in [2.24, 2.45) is 0 Å². The molecule has 2 aliphatic heterocycles. The first-order chi connectivity index (χ1) is 18.5. The van der Waals surface area contributed by atoms with Gasteiger partial charge in [-0.25, -0.2) is 23.1 Å². The molecule has 0 aliphatic carbocycles. The Morgan fingerprint density at radius 3 is 2.31 bits per heavy atom. The Bertz CT molecular complexity index is 1590. The SMILES string of the molecule is O=C(O)c1ccc2c(c1)c(=O)n1n2CCN(c2c(F)cc(N3C/C(=C/NC(=O)C(F)F)OC3=O)cc2F)CC1. The second-order valence-electron chi connectivity index (χ2n) is 8.71. The number of carboxylic acid groups (broad SMARTS) is 1. The molecule has 1 aromatic heterocycles. The Morgan fingerprint density at radius 2 is 1.67 bits per heavy atom. The molecule has 204 valence electrons. The Morgan fingerprint density at radius 1 is 1.00 bits per heavy atom. The number of ether oxygens (including phenoxy) is 1. The number of nitrogens with zero attached hydrogens (tertiary/aromatic N) is 4. The van der Waals surface area contributed by atoms with Crippen LogP contribution < -0.4 is 20.7 Å². The largest absolute Gasteiger partial charge is 0.478 e. The van der Waals surface area contributed by atoms with Crippen LogP contribution in [0.25, 0.3) is 10.9 Å². The van der Waals surface area contributed by atoms with Crippen molar-refractivity contribution in [1.29, 1.82) is 0 Å². The van der Waals surface area contributed by atoms with Gasteiger partial charge in [0.1, 0.15) is 11.4 Å². The molecule has 0 saturated carbocycles. The van der Waals surface area contributed by atoms with Crippen LogP contribution >= 0.6 is 0 Å². The van der Waals surface area contributed by atoms with E-state index < -0.39 is 41.6 Å². The van der Waals surface area contributed by atoms with Gasteiger partial charge in [0, 0.05) is 31.4 Å². The van der Waals surface area contributed by atoms with Gasteiger partial charge in [-0.1, -0.05) is 0 Å². The van der Waals surface area contributed by atoms with Crippen LogP contribution in [0.4, 0.5) is 33.7 Å². The van der Waals surface area contributed by atoms with Crippen molar-refractivity contribution in [1.82, 2.24) is 14.7 Å². The molecule has 0 atom stereocenters. The fourth-order valence-corrected chi connectivity index (χ4v) is 4.59. The number of fused-ring (bicyclic) bond motifs is 3. The van der Waals surface area contributed by atoms with E-state index in [-0.39, 0.29) is 60.8 Å². The average molecular weight is 549 g/mol. The van der Waals surface area contributed by atoms with Crippen molar-refractivity contribution in [3.63, 3.8) is 0 Å². The van der Waals surface area contributed by atoms with E-state index >= 15 is 8.78 Å². The number of benzene rings is 2. The summed E-state index contributed by atoms with van der Waals surface area (Å²) in [5, 5.41) is 11.2. The van der Waals surface area contributed by atoms with Gasteiger partial charge in [0.05, 0.1) is 41.8 Å². The number of hydrogen-bond acceptors (Lipinski definition) is 6. The number of halogens is 4. The van der Waals surface area contributed by atoms with Gasteiger partial charge in [0.2, 0.25) is 0 Å². The van der Waals surface area contributed by atoms with Gasteiger partial charge < -0.3 is 20.1 Å². The smallest absolute Gasteiger partial charge is 0.419 e. The first kappa shape index (κ1) is 25.8. The van der Waals surface area contributed by atoms with Crippen molar-refractivity contribution in [2.75, 3.05) is 29.4 Å². The van der Waals surface area contributed by atoms with Crippen LogP contribution in [0.15, 0.2) is 47.1 Å². The molecule has 2 amide bonds. The monoisotopic (exact) mass is 549 g/mol. The highest BCUT2D eigenvalue weighted by molar-refractivity contribution is 5.93. The van der Waals surface area contributed by atoms with Crippen LogP contribution in [0.1, 0.15) is 10.4 Å². The van der Waals surface area contributed by atoms with Crippen LogP contribution in [0.5, 0.6) is 0 Å². The summed E-state index contributed by atoms with van der Waals surface area (Å²) in [5.74, 6) is -4.96. The summed E-state index contributed by atoms with van der Waals surface area (Å²) in [7, 11) is 0. The number of nitrogens with one attached hydrogen (secondary N) is 1. The molecule has 1 saturated heterocycles. The summed E-state index contributed by atoms with van der Waals surface area (Å²) >= 11 is 0. The lowest BCUT2D eigenvalue weighted by Gasteiger charge is -2.24. The molecule has 2 N–H and O–H groups in total. The molecular formula is C24H19F4N5O6. The summed E-state index contributed by atoms with van der Waals surface area (Å²) in [6.45, 7) is 0.0345. The normalized spacial score (nSPS) is 16.5. The zero-order chi connectivity index (χ0) is 28.0. The van der Waals surface area contributed by atoms with E-state index in [0.717, 1.165) is 23.2 Å². The molecule has 2 aromatic carbocycles. The lowest BCUT2D eigenvalue weighted by atomic mass is 10.1. The van der Waals surface area contributed by atoms with Gasteiger partial charge >= 0.3 is 18.5 Å². The average Bonchev–Trinajstić information content (AvgIpc) is 3.29. The van der Waals surface area contributed by atoms with Crippen molar-refractivity contribution in [3.8, 4) is 0 Å². The van der Waals surface area contributed by atoms with Gasteiger partial charge in [-0.2, -0.15) is 8.78 Å². The predicted octanol–water partition coefficient (Wildman–Crippen LogP) is 2.48. The second kappa shape index (κ2) is 9.81. The Hall–Kier alpha value is -4.82. The third-order valence-electron chi connectivity index (χ3n) is 6.40. The molecule has 2 aliphatic rings. The molecule has 3 aromatic rings. The maximum atomic E-state index is 15.2. The molecule has 0 bridgehead atoms. The minimum Gasteiger partial charge on any atom is -0.478 e. The van der Waals surface area contributed by atoms with E-state index in [9.17, 15) is 33.1 Å². The van der Waals surface area contributed by atoms with E-state index in [2.05, 4.69) is 0 Å². The van der Waals surface area contributed by atoms with Gasteiger partial charge in [-0.05, 0) is 18.2 Å². The number of aromatic carboxylic acids is 1. The first-order valence-electron chi connectivity index (χ1n) is 11.5. The van der Waals surface area contributed by atoms with Crippen molar-refractivity contribution >= 4 is 40.2 Å². The minimum atomic E-state index is -3.28. The van der Waals surface area contributed by atoms with Crippen molar-refractivity contribution < 1.29 is 41.8 Å².